The SMILES string of the molecule is CC(C)COCCN1C(=O)NC(=O)C12CCCCC2. The van der Waals surface area contributed by atoms with Crippen LogP contribution in [0, 0.1) is 5.92 Å². The molecule has 19 heavy (non-hydrogen) atoms. The molecule has 1 heterocycles. The summed E-state index contributed by atoms with van der Waals surface area (Å²) < 4.78 is 5.54. The van der Waals surface area contributed by atoms with Gasteiger partial charge < -0.3 is 9.64 Å². The number of ether oxygens (including phenoxy) is 1. The molecule has 0 bridgehead atoms. The van der Waals surface area contributed by atoms with Crippen LogP contribution in [-0.4, -0.2) is 42.1 Å². The van der Waals surface area contributed by atoms with Crippen LogP contribution >= 0.6 is 0 Å². The van der Waals surface area contributed by atoms with Crippen molar-refractivity contribution in [3.8, 4) is 0 Å². The molecular weight excluding hydrogens is 244 g/mol. The molecule has 2 fully saturated rings. The molecule has 1 N–H and O–H groups in total. The molecule has 1 saturated carbocycles. The van der Waals surface area contributed by atoms with E-state index in [2.05, 4.69) is 19.2 Å². The molecule has 0 unspecified atom stereocenters. The number of nitrogens with zero attached hydrogens (tertiary/aromatic N) is 1. The van der Waals surface area contributed by atoms with Gasteiger partial charge in [0.05, 0.1) is 6.61 Å². The Morgan fingerprint density at radius 2 is 1.95 bits per heavy atom. The molecule has 1 aliphatic carbocycles. The van der Waals surface area contributed by atoms with Gasteiger partial charge in [0, 0.05) is 13.2 Å². The van der Waals surface area contributed by atoms with E-state index in [0.29, 0.717) is 25.7 Å². The number of hydrogen-bond acceptors (Lipinski definition) is 3. The summed E-state index contributed by atoms with van der Waals surface area (Å²) in [6, 6.07) is -0.250. The van der Waals surface area contributed by atoms with Crippen molar-refractivity contribution in [1.29, 1.82) is 0 Å². The standard InChI is InChI=1S/C14H24N2O3/c1-11(2)10-19-9-8-16-13(18)15-12(17)14(16)6-4-3-5-7-14/h11H,3-10H2,1-2H3,(H,15,17,18). The topological polar surface area (TPSA) is 58.6 Å². The van der Waals surface area contributed by atoms with E-state index in [0.717, 1.165) is 32.1 Å². The molecular formula is C14H24N2O3. The highest BCUT2D eigenvalue weighted by atomic mass is 16.5. The second kappa shape index (κ2) is 5.90. The number of urea groups is 1. The van der Waals surface area contributed by atoms with Crippen molar-refractivity contribution in [2.45, 2.75) is 51.5 Å². The molecule has 108 valence electrons. The summed E-state index contributed by atoms with van der Waals surface area (Å²) >= 11 is 0. The van der Waals surface area contributed by atoms with Crippen molar-refractivity contribution in [2.75, 3.05) is 19.8 Å². The fourth-order valence-corrected chi connectivity index (χ4v) is 3.02. The van der Waals surface area contributed by atoms with E-state index < -0.39 is 5.54 Å². The molecule has 5 heteroatoms. The van der Waals surface area contributed by atoms with Crippen molar-refractivity contribution in [3.63, 3.8) is 0 Å². The van der Waals surface area contributed by atoms with Crippen LogP contribution in [-0.2, 0) is 9.53 Å². The summed E-state index contributed by atoms with van der Waals surface area (Å²) in [6.45, 7) is 5.88. The van der Waals surface area contributed by atoms with Crippen LogP contribution in [0.15, 0.2) is 0 Å². The third-order valence-corrected chi connectivity index (χ3v) is 4.00. The predicted molar refractivity (Wildman–Crippen MR) is 71.7 cm³/mol. The summed E-state index contributed by atoms with van der Waals surface area (Å²) in [5.41, 5.74) is -0.587. The Hall–Kier alpha value is -1.10. The highest BCUT2D eigenvalue weighted by Crippen LogP contribution is 2.36. The lowest BCUT2D eigenvalue weighted by Crippen LogP contribution is -2.52. The Morgan fingerprint density at radius 3 is 2.58 bits per heavy atom. The normalized spacial score (nSPS) is 22.4. The average Bonchev–Trinajstić information content (AvgIpc) is 2.59. The van der Waals surface area contributed by atoms with Gasteiger partial charge in [-0.1, -0.05) is 33.1 Å². The Bertz CT molecular complexity index is 349. The van der Waals surface area contributed by atoms with Crippen molar-refractivity contribution in [2.24, 2.45) is 5.92 Å². The van der Waals surface area contributed by atoms with E-state index in [9.17, 15) is 9.59 Å². The number of carbonyl (C=O) groups is 2. The highest BCUT2D eigenvalue weighted by molar-refractivity contribution is 6.07. The van der Waals surface area contributed by atoms with Gasteiger partial charge in [0.15, 0.2) is 0 Å². The zero-order valence-electron chi connectivity index (χ0n) is 11.9. The van der Waals surface area contributed by atoms with Gasteiger partial charge in [0.2, 0.25) is 0 Å². The summed E-state index contributed by atoms with van der Waals surface area (Å²) in [5, 5.41) is 2.47. The zero-order chi connectivity index (χ0) is 13.9. The summed E-state index contributed by atoms with van der Waals surface area (Å²) in [5.74, 6) is 0.374. The lowest BCUT2D eigenvalue weighted by atomic mass is 9.80. The van der Waals surface area contributed by atoms with Crippen LogP contribution in [0.25, 0.3) is 0 Å². The molecule has 1 aliphatic heterocycles. The first-order chi connectivity index (χ1) is 9.06. The van der Waals surface area contributed by atoms with Gasteiger partial charge in [0.1, 0.15) is 5.54 Å². The Balaban J connectivity index is 1.95. The first-order valence-corrected chi connectivity index (χ1v) is 7.27. The van der Waals surface area contributed by atoms with E-state index in [-0.39, 0.29) is 11.9 Å². The van der Waals surface area contributed by atoms with Crippen LogP contribution in [0.1, 0.15) is 46.0 Å². The second-order valence-corrected chi connectivity index (χ2v) is 5.97. The maximum absolute atomic E-state index is 12.1. The molecule has 0 aromatic carbocycles. The van der Waals surface area contributed by atoms with Gasteiger partial charge in [-0.3, -0.25) is 10.1 Å². The number of hydrogen-bond donors (Lipinski definition) is 1. The number of imide groups is 1. The minimum atomic E-state index is -0.587. The quantitative estimate of drug-likeness (QED) is 0.612. The third kappa shape index (κ3) is 2.91. The first kappa shape index (κ1) is 14.3. The van der Waals surface area contributed by atoms with Gasteiger partial charge in [-0.2, -0.15) is 0 Å². The van der Waals surface area contributed by atoms with Crippen molar-refractivity contribution in [3.05, 3.63) is 0 Å². The Morgan fingerprint density at radius 1 is 1.26 bits per heavy atom. The van der Waals surface area contributed by atoms with Crippen LogP contribution in [0.3, 0.4) is 0 Å². The maximum atomic E-state index is 12.1. The Labute approximate surface area is 114 Å². The average molecular weight is 268 g/mol. The van der Waals surface area contributed by atoms with Crippen molar-refractivity contribution in [1.82, 2.24) is 10.2 Å². The molecule has 0 aromatic rings. The monoisotopic (exact) mass is 268 g/mol. The predicted octanol–water partition coefficient (Wildman–Crippen LogP) is 1.91. The summed E-state index contributed by atoms with van der Waals surface area (Å²) in [7, 11) is 0. The minimum Gasteiger partial charge on any atom is -0.379 e. The van der Waals surface area contributed by atoms with Crippen molar-refractivity contribution >= 4 is 11.9 Å². The van der Waals surface area contributed by atoms with E-state index in [1.165, 1.54) is 0 Å². The molecule has 1 saturated heterocycles. The molecule has 0 aromatic heterocycles. The molecule has 1 spiro atoms. The van der Waals surface area contributed by atoms with E-state index in [1.54, 1.807) is 4.90 Å². The lowest BCUT2D eigenvalue weighted by Gasteiger charge is -2.38. The summed E-state index contributed by atoms with van der Waals surface area (Å²) in [6.07, 6.45) is 4.76. The molecule has 2 rings (SSSR count). The van der Waals surface area contributed by atoms with Gasteiger partial charge in [-0.15, -0.1) is 0 Å². The lowest BCUT2D eigenvalue weighted by molar-refractivity contribution is -0.128. The number of rotatable bonds is 5. The minimum absolute atomic E-state index is 0.110. The number of amides is 3. The van der Waals surface area contributed by atoms with Gasteiger partial charge in [0.25, 0.3) is 5.91 Å². The maximum Gasteiger partial charge on any atom is 0.325 e. The fraction of sp³-hybridized carbons (Fsp3) is 0.857. The highest BCUT2D eigenvalue weighted by Gasteiger charge is 2.52. The molecule has 2 aliphatic rings. The summed E-state index contributed by atoms with van der Waals surface area (Å²) in [4.78, 5) is 25.7. The number of carbonyl (C=O) groups excluding carboxylic acids is 2. The van der Waals surface area contributed by atoms with Gasteiger partial charge in [-0.05, 0) is 18.8 Å². The first-order valence-electron chi connectivity index (χ1n) is 7.27. The van der Waals surface area contributed by atoms with Crippen LogP contribution < -0.4 is 5.32 Å². The van der Waals surface area contributed by atoms with E-state index >= 15 is 0 Å². The zero-order valence-corrected chi connectivity index (χ0v) is 11.9. The van der Waals surface area contributed by atoms with Crippen molar-refractivity contribution < 1.29 is 14.3 Å². The largest absolute Gasteiger partial charge is 0.379 e. The van der Waals surface area contributed by atoms with Gasteiger partial charge in [-0.25, -0.2) is 4.79 Å². The molecule has 5 nitrogen and oxygen atoms in total. The molecule has 0 radical (unpaired) electrons. The van der Waals surface area contributed by atoms with E-state index in [4.69, 9.17) is 4.74 Å². The fourth-order valence-electron chi connectivity index (χ4n) is 3.02. The second-order valence-electron chi connectivity index (χ2n) is 5.97. The molecule has 3 amide bonds. The van der Waals surface area contributed by atoms with Crippen LogP contribution in [0.5, 0.6) is 0 Å². The Kier molecular flexibility index (Phi) is 4.45. The smallest absolute Gasteiger partial charge is 0.325 e. The van der Waals surface area contributed by atoms with Gasteiger partial charge >= 0.3 is 6.03 Å². The van der Waals surface area contributed by atoms with Crippen LogP contribution in [0.4, 0.5) is 4.79 Å². The molecule has 0 atom stereocenters. The van der Waals surface area contributed by atoms with Crippen LogP contribution in [0.2, 0.25) is 0 Å². The third-order valence-electron chi connectivity index (χ3n) is 4.00. The van der Waals surface area contributed by atoms with E-state index in [1.807, 2.05) is 0 Å². The number of nitrogens with one attached hydrogen (secondary N) is 1.